The average Bonchev–Trinajstić information content (AvgIpc) is 2.70. The van der Waals surface area contributed by atoms with Crippen molar-refractivity contribution in [1.82, 2.24) is 18.8 Å². The predicted molar refractivity (Wildman–Crippen MR) is 80.4 cm³/mol. The minimum atomic E-state index is -3.08. The summed E-state index contributed by atoms with van der Waals surface area (Å²) in [5, 5.41) is 0. The van der Waals surface area contributed by atoms with E-state index in [1.807, 2.05) is 12.5 Å². The molecule has 0 amide bonds. The van der Waals surface area contributed by atoms with Crippen LogP contribution in [0.25, 0.3) is 0 Å². The highest BCUT2D eigenvalue weighted by Crippen LogP contribution is 2.11. The highest BCUT2D eigenvalue weighted by molar-refractivity contribution is 7.88. The number of ether oxygens (including phenoxy) is 1. The number of nitrogens with zero attached hydrogens (tertiary/aromatic N) is 4. The first-order chi connectivity index (χ1) is 10.0. The van der Waals surface area contributed by atoms with Crippen molar-refractivity contribution in [2.24, 2.45) is 0 Å². The fourth-order valence-electron chi connectivity index (χ4n) is 2.54. The molecular formula is C13H24N4O3S. The maximum Gasteiger partial charge on any atom is 0.211 e. The van der Waals surface area contributed by atoms with Crippen LogP contribution in [0.4, 0.5) is 0 Å². The Bertz CT molecular complexity index is 543. The summed E-state index contributed by atoms with van der Waals surface area (Å²) in [5.74, 6) is 0. The minimum absolute atomic E-state index is 0.561. The quantitative estimate of drug-likeness (QED) is 0.739. The molecule has 0 aliphatic carbocycles. The number of sulfonamides is 1. The van der Waals surface area contributed by atoms with E-state index in [1.165, 1.54) is 6.26 Å². The lowest BCUT2D eigenvalue weighted by atomic mass is 10.3. The second-order valence-electron chi connectivity index (χ2n) is 5.36. The standard InChI is InChI=1S/C13H24N4O3S/c1-20-9-8-16-12-14-10-13(16)11-15-4-3-5-17(7-6-15)21(2,18)19/h10,12H,3-9,11H2,1-2H3. The summed E-state index contributed by atoms with van der Waals surface area (Å²) in [6.45, 7) is 5.06. The third-order valence-corrected chi connectivity index (χ3v) is 5.04. The minimum Gasteiger partial charge on any atom is -0.383 e. The molecule has 0 aromatic carbocycles. The Morgan fingerprint density at radius 2 is 2.10 bits per heavy atom. The van der Waals surface area contributed by atoms with Gasteiger partial charge >= 0.3 is 0 Å². The lowest BCUT2D eigenvalue weighted by Gasteiger charge is -2.21. The predicted octanol–water partition coefficient (Wildman–Crippen LogP) is -0.00320. The van der Waals surface area contributed by atoms with Crippen LogP contribution in [0, 0.1) is 0 Å². The zero-order valence-corrected chi connectivity index (χ0v) is 13.5. The van der Waals surface area contributed by atoms with Crippen molar-refractivity contribution in [3.05, 3.63) is 18.2 Å². The van der Waals surface area contributed by atoms with Crippen LogP contribution in [0.3, 0.4) is 0 Å². The van der Waals surface area contributed by atoms with E-state index in [0.29, 0.717) is 19.7 Å². The van der Waals surface area contributed by atoms with E-state index in [1.54, 1.807) is 11.4 Å². The van der Waals surface area contributed by atoms with Gasteiger partial charge in [-0.3, -0.25) is 4.90 Å². The molecule has 0 atom stereocenters. The number of methoxy groups -OCH3 is 1. The van der Waals surface area contributed by atoms with Crippen molar-refractivity contribution in [2.45, 2.75) is 19.5 Å². The summed E-state index contributed by atoms with van der Waals surface area (Å²) in [6.07, 6.45) is 5.83. The van der Waals surface area contributed by atoms with Gasteiger partial charge in [-0.15, -0.1) is 0 Å². The van der Waals surface area contributed by atoms with Crippen molar-refractivity contribution in [3.63, 3.8) is 0 Å². The maximum atomic E-state index is 11.6. The Hall–Kier alpha value is -0.960. The molecule has 0 radical (unpaired) electrons. The van der Waals surface area contributed by atoms with Crippen molar-refractivity contribution in [2.75, 3.05) is 46.2 Å². The van der Waals surface area contributed by atoms with Gasteiger partial charge in [0.1, 0.15) is 0 Å². The highest BCUT2D eigenvalue weighted by Gasteiger charge is 2.21. The molecule has 0 saturated carbocycles. The van der Waals surface area contributed by atoms with Crippen molar-refractivity contribution in [1.29, 1.82) is 0 Å². The molecule has 7 nitrogen and oxygen atoms in total. The van der Waals surface area contributed by atoms with Gasteiger partial charge in [-0.05, 0) is 13.0 Å². The van der Waals surface area contributed by atoms with Crippen LogP contribution in [-0.4, -0.2) is 73.3 Å². The summed E-state index contributed by atoms with van der Waals surface area (Å²) < 4.78 is 32.0. The van der Waals surface area contributed by atoms with Crippen LogP contribution in [0.1, 0.15) is 12.1 Å². The molecule has 1 aliphatic heterocycles. The Kier molecular flexibility index (Phi) is 5.74. The van der Waals surface area contributed by atoms with E-state index < -0.39 is 10.0 Å². The molecule has 1 saturated heterocycles. The van der Waals surface area contributed by atoms with Gasteiger partial charge in [0.05, 0.1) is 24.9 Å². The molecule has 2 rings (SSSR count). The molecule has 1 fully saturated rings. The van der Waals surface area contributed by atoms with Crippen LogP contribution in [0.15, 0.2) is 12.5 Å². The van der Waals surface area contributed by atoms with E-state index in [2.05, 4.69) is 14.5 Å². The van der Waals surface area contributed by atoms with E-state index in [0.717, 1.165) is 38.3 Å². The van der Waals surface area contributed by atoms with Gasteiger partial charge in [0.15, 0.2) is 0 Å². The maximum absolute atomic E-state index is 11.6. The van der Waals surface area contributed by atoms with Crippen LogP contribution in [0.2, 0.25) is 0 Å². The van der Waals surface area contributed by atoms with Gasteiger partial charge in [0.2, 0.25) is 10.0 Å². The van der Waals surface area contributed by atoms with Gasteiger partial charge in [0, 0.05) is 46.0 Å². The van der Waals surface area contributed by atoms with Gasteiger partial charge in [0.25, 0.3) is 0 Å². The summed E-state index contributed by atoms with van der Waals surface area (Å²) in [6, 6.07) is 0. The summed E-state index contributed by atoms with van der Waals surface area (Å²) >= 11 is 0. The van der Waals surface area contributed by atoms with Gasteiger partial charge in [-0.2, -0.15) is 0 Å². The molecule has 21 heavy (non-hydrogen) atoms. The topological polar surface area (TPSA) is 67.7 Å². The fraction of sp³-hybridized carbons (Fsp3) is 0.769. The molecule has 8 heteroatoms. The Morgan fingerprint density at radius 1 is 1.29 bits per heavy atom. The van der Waals surface area contributed by atoms with Crippen LogP contribution in [0.5, 0.6) is 0 Å². The first-order valence-corrected chi connectivity index (χ1v) is 9.01. The van der Waals surface area contributed by atoms with Crippen molar-refractivity contribution >= 4 is 10.0 Å². The first-order valence-electron chi connectivity index (χ1n) is 7.16. The van der Waals surface area contributed by atoms with Crippen LogP contribution >= 0.6 is 0 Å². The SMILES string of the molecule is COCCn1cncc1CN1CCCN(S(C)(=O)=O)CC1. The Balaban J connectivity index is 1.93. The lowest BCUT2D eigenvalue weighted by Crippen LogP contribution is -2.34. The van der Waals surface area contributed by atoms with E-state index in [4.69, 9.17) is 4.74 Å². The molecule has 1 aliphatic rings. The van der Waals surface area contributed by atoms with E-state index in [9.17, 15) is 8.42 Å². The largest absolute Gasteiger partial charge is 0.383 e. The Labute approximate surface area is 126 Å². The highest BCUT2D eigenvalue weighted by atomic mass is 32.2. The number of imidazole rings is 1. The normalized spacial score (nSPS) is 18.8. The molecule has 120 valence electrons. The lowest BCUT2D eigenvalue weighted by molar-refractivity contribution is 0.184. The number of aromatic nitrogens is 2. The van der Waals surface area contributed by atoms with Crippen molar-refractivity contribution < 1.29 is 13.2 Å². The van der Waals surface area contributed by atoms with Gasteiger partial charge < -0.3 is 9.30 Å². The number of rotatable bonds is 6. The zero-order chi connectivity index (χ0) is 15.3. The molecule has 0 unspecified atom stereocenters. The second-order valence-corrected chi connectivity index (χ2v) is 7.35. The molecule has 1 aromatic rings. The fourth-order valence-corrected chi connectivity index (χ4v) is 3.41. The van der Waals surface area contributed by atoms with Gasteiger partial charge in [-0.1, -0.05) is 0 Å². The molecule has 0 spiro atoms. The summed E-state index contributed by atoms with van der Waals surface area (Å²) in [4.78, 5) is 6.48. The average molecular weight is 316 g/mol. The molecule has 1 aromatic heterocycles. The van der Waals surface area contributed by atoms with Crippen LogP contribution in [-0.2, 0) is 27.8 Å². The summed E-state index contributed by atoms with van der Waals surface area (Å²) in [7, 11) is -1.40. The number of hydrogen-bond donors (Lipinski definition) is 0. The first kappa shape index (κ1) is 16.4. The van der Waals surface area contributed by atoms with Crippen molar-refractivity contribution in [3.8, 4) is 0 Å². The Morgan fingerprint density at radius 3 is 2.81 bits per heavy atom. The monoisotopic (exact) mass is 316 g/mol. The molecule has 2 heterocycles. The van der Waals surface area contributed by atoms with E-state index >= 15 is 0 Å². The summed E-state index contributed by atoms with van der Waals surface area (Å²) in [5.41, 5.74) is 1.14. The third-order valence-electron chi connectivity index (χ3n) is 3.74. The zero-order valence-electron chi connectivity index (χ0n) is 12.7. The molecule has 0 bridgehead atoms. The molecular weight excluding hydrogens is 292 g/mol. The second kappa shape index (κ2) is 7.35. The molecule has 0 N–H and O–H groups in total. The van der Waals surface area contributed by atoms with Crippen LogP contribution < -0.4 is 0 Å². The van der Waals surface area contributed by atoms with E-state index in [-0.39, 0.29) is 0 Å². The third kappa shape index (κ3) is 4.77. The smallest absolute Gasteiger partial charge is 0.211 e. The number of hydrogen-bond acceptors (Lipinski definition) is 5. The van der Waals surface area contributed by atoms with Gasteiger partial charge in [-0.25, -0.2) is 17.7 Å².